The molecule has 5 heteroatoms. The van der Waals surface area contributed by atoms with Gasteiger partial charge in [-0.15, -0.1) is 0 Å². The van der Waals surface area contributed by atoms with E-state index in [0.29, 0.717) is 6.54 Å². The number of rotatable bonds is 4. The molecule has 5 nitrogen and oxygen atoms in total. The molecule has 0 fully saturated rings. The number of nitrogens with one attached hydrogen (secondary N) is 1. The number of carbonyl (C=O) groups is 1. The molecule has 1 aromatic carbocycles. The highest BCUT2D eigenvalue weighted by molar-refractivity contribution is 5.79. The van der Waals surface area contributed by atoms with E-state index >= 15 is 0 Å². The van der Waals surface area contributed by atoms with Gasteiger partial charge in [0.15, 0.2) is 0 Å². The standard InChI is InChI=1S/C14H19N3O2/c1-14(2,13(18)19-4)17(3)8-10-5-6-11-12(7-10)16-9-15-11/h5-7,9H,8H2,1-4H3,(H,15,16). The van der Waals surface area contributed by atoms with Crippen LogP contribution in [0.5, 0.6) is 0 Å². The Morgan fingerprint density at radius 2 is 2.21 bits per heavy atom. The van der Waals surface area contributed by atoms with E-state index in [4.69, 9.17) is 4.74 Å². The second-order valence-corrected chi connectivity index (χ2v) is 5.16. The third kappa shape index (κ3) is 2.61. The van der Waals surface area contributed by atoms with E-state index in [0.717, 1.165) is 16.6 Å². The summed E-state index contributed by atoms with van der Waals surface area (Å²) in [6.07, 6.45) is 1.68. The Bertz CT molecular complexity index is 589. The Hall–Kier alpha value is -1.88. The van der Waals surface area contributed by atoms with Crippen LogP contribution in [0.15, 0.2) is 24.5 Å². The maximum absolute atomic E-state index is 11.8. The fourth-order valence-electron chi connectivity index (χ4n) is 1.96. The lowest BCUT2D eigenvalue weighted by Crippen LogP contribution is -2.48. The highest BCUT2D eigenvalue weighted by Gasteiger charge is 2.33. The minimum atomic E-state index is -0.655. The number of aromatic nitrogens is 2. The van der Waals surface area contributed by atoms with Gasteiger partial charge < -0.3 is 9.72 Å². The number of esters is 1. The summed E-state index contributed by atoms with van der Waals surface area (Å²) in [6.45, 7) is 4.37. The maximum Gasteiger partial charge on any atom is 0.325 e. The van der Waals surface area contributed by atoms with E-state index in [9.17, 15) is 4.79 Å². The number of likely N-dealkylation sites (N-methyl/N-ethyl adjacent to an activating group) is 1. The molecule has 0 atom stereocenters. The zero-order valence-corrected chi connectivity index (χ0v) is 11.7. The first-order valence-electron chi connectivity index (χ1n) is 6.17. The largest absolute Gasteiger partial charge is 0.468 e. The van der Waals surface area contributed by atoms with Crippen molar-refractivity contribution in [3.63, 3.8) is 0 Å². The molecule has 0 spiro atoms. The number of imidazole rings is 1. The van der Waals surface area contributed by atoms with Crippen molar-refractivity contribution < 1.29 is 9.53 Å². The van der Waals surface area contributed by atoms with Crippen LogP contribution in [-0.4, -0.2) is 40.5 Å². The van der Waals surface area contributed by atoms with Gasteiger partial charge in [0.25, 0.3) is 0 Å². The van der Waals surface area contributed by atoms with Crippen LogP contribution in [-0.2, 0) is 16.1 Å². The van der Waals surface area contributed by atoms with Crippen molar-refractivity contribution >= 4 is 17.0 Å². The second-order valence-electron chi connectivity index (χ2n) is 5.16. The monoisotopic (exact) mass is 261 g/mol. The summed E-state index contributed by atoms with van der Waals surface area (Å²) < 4.78 is 4.83. The lowest BCUT2D eigenvalue weighted by molar-refractivity contribution is -0.152. The van der Waals surface area contributed by atoms with Crippen LogP contribution < -0.4 is 0 Å². The second kappa shape index (κ2) is 5.01. The zero-order valence-electron chi connectivity index (χ0n) is 11.7. The molecule has 19 heavy (non-hydrogen) atoms. The first kappa shape index (κ1) is 13.5. The lowest BCUT2D eigenvalue weighted by Gasteiger charge is -2.32. The van der Waals surface area contributed by atoms with Gasteiger partial charge in [-0.25, -0.2) is 4.98 Å². The summed E-state index contributed by atoms with van der Waals surface area (Å²) in [5.41, 5.74) is 2.41. The topological polar surface area (TPSA) is 58.2 Å². The van der Waals surface area contributed by atoms with E-state index < -0.39 is 5.54 Å². The molecule has 0 aliphatic heterocycles. The van der Waals surface area contributed by atoms with E-state index in [1.165, 1.54) is 7.11 Å². The SMILES string of the molecule is COC(=O)C(C)(C)N(C)Cc1ccc2nc[nH]c2c1. The molecule has 2 aromatic rings. The van der Waals surface area contributed by atoms with E-state index in [-0.39, 0.29) is 5.97 Å². The van der Waals surface area contributed by atoms with Crippen molar-refractivity contribution in [1.82, 2.24) is 14.9 Å². The van der Waals surface area contributed by atoms with Crippen LogP contribution in [0.1, 0.15) is 19.4 Å². The molecule has 2 rings (SSSR count). The van der Waals surface area contributed by atoms with Gasteiger partial charge in [0.1, 0.15) is 5.54 Å². The number of benzene rings is 1. The van der Waals surface area contributed by atoms with Gasteiger partial charge in [0, 0.05) is 6.54 Å². The van der Waals surface area contributed by atoms with Crippen LogP contribution >= 0.6 is 0 Å². The smallest absolute Gasteiger partial charge is 0.325 e. The fraction of sp³-hybridized carbons (Fsp3) is 0.429. The van der Waals surface area contributed by atoms with E-state index in [2.05, 4.69) is 9.97 Å². The molecule has 0 radical (unpaired) electrons. The molecule has 1 N–H and O–H groups in total. The van der Waals surface area contributed by atoms with Crippen LogP contribution in [0.2, 0.25) is 0 Å². The van der Waals surface area contributed by atoms with Gasteiger partial charge in [-0.3, -0.25) is 9.69 Å². The van der Waals surface area contributed by atoms with Gasteiger partial charge in [-0.05, 0) is 38.6 Å². The Kier molecular flexibility index (Phi) is 3.57. The molecule has 0 aliphatic carbocycles. The highest BCUT2D eigenvalue weighted by Crippen LogP contribution is 2.19. The maximum atomic E-state index is 11.8. The molecule has 0 saturated carbocycles. The first-order chi connectivity index (χ1) is 8.95. The van der Waals surface area contributed by atoms with E-state index in [1.54, 1.807) is 6.33 Å². The molecule has 0 bridgehead atoms. The molecule has 0 saturated heterocycles. The number of fused-ring (bicyclic) bond motifs is 1. The number of methoxy groups -OCH3 is 1. The van der Waals surface area contributed by atoms with Gasteiger partial charge in [0.2, 0.25) is 0 Å². The summed E-state index contributed by atoms with van der Waals surface area (Å²) in [7, 11) is 3.32. The molecule has 0 amide bonds. The van der Waals surface area contributed by atoms with Crippen molar-refractivity contribution in [1.29, 1.82) is 0 Å². The Balaban J connectivity index is 2.17. The predicted octanol–water partition coefficient (Wildman–Crippen LogP) is 1.95. The van der Waals surface area contributed by atoms with Crippen LogP contribution in [0.3, 0.4) is 0 Å². The quantitative estimate of drug-likeness (QED) is 0.855. The fourth-order valence-corrected chi connectivity index (χ4v) is 1.96. The van der Waals surface area contributed by atoms with Gasteiger partial charge in [0.05, 0.1) is 24.5 Å². The minimum Gasteiger partial charge on any atom is -0.468 e. The number of aromatic amines is 1. The van der Waals surface area contributed by atoms with Crippen molar-refractivity contribution in [2.24, 2.45) is 0 Å². The number of carbonyl (C=O) groups excluding carboxylic acids is 1. The Morgan fingerprint density at radius 1 is 1.47 bits per heavy atom. The number of ether oxygens (including phenoxy) is 1. The van der Waals surface area contributed by atoms with Crippen molar-refractivity contribution in [2.45, 2.75) is 25.9 Å². The van der Waals surface area contributed by atoms with Crippen molar-refractivity contribution in [3.8, 4) is 0 Å². The summed E-state index contributed by atoms with van der Waals surface area (Å²) in [6, 6.07) is 6.04. The Labute approximate surface area is 112 Å². The molecule has 1 aromatic heterocycles. The Morgan fingerprint density at radius 3 is 2.89 bits per heavy atom. The van der Waals surface area contributed by atoms with Crippen LogP contribution in [0.4, 0.5) is 0 Å². The van der Waals surface area contributed by atoms with E-state index in [1.807, 2.05) is 44.0 Å². The molecule has 0 aliphatic rings. The molecular weight excluding hydrogens is 242 g/mol. The molecule has 102 valence electrons. The summed E-state index contributed by atoms with van der Waals surface area (Å²) in [5, 5.41) is 0. The van der Waals surface area contributed by atoms with Gasteiger partial charge >= 0.3 is 5.97 Å². The van der Waals surface area contributed by atoms with Gasteiger partial charge in [-0.1, -0.05) is 6.07 Å². The van der Waals surface area contributed by atoms with Crippen LogP contribution in [0, 0.1) is 0 Å². The molecule has 0 unspecified atom stereocenters. The zero-order chi connectivity index (χ0) is 14.0. The van der Waals surface area contributed by atoms with Gasteiger partial charge in [-0.2, -0.15) is 0 Å². The third-order valence-corrected chi connectivity index (χ3v) is 3.54. The number of nitrogens with zero attached hydrogens (tertiary/aromatic N) is 2. The normalized spacial score (nSPS) is 12.1. The van der Waals surface area contributed by atoms with Crippen molar-refractivity contribution in [3.05, 3.63) is 30.1 Å². The average Bonchev–Trinajstić information content (AvgIpc) is 2.84. The van der Waals surface area contributed by atoms with Crippen LogP contribution in [0.25, 0.3) is 11.0 Å². The number of hydrogen-bond acceptors (Lipinski definition) is 4. The summed E-state index contributed by atoms with van der Waals surface area (Å²) in [4.78, 5) is 21.0. The average molecular weight is 261 g/mol. The molecule has 1 heterocycles. The van der Waals surface area contributed by atoms with Crippen molar-refractivity contribution in [2.75, 3.05) is 14.2 Å². The third-order valence-electron chi connectivity index (χ3n) is 3.54. The predicted molar refractivity (Wildman–Crippen MR) is 73.7 cm³/mol. The summed E-state index contributed by atoms with van der Waals surface area (Å²) >= 11 is 0. The first-order valence-corrected chi connectivity index (χ1v) is 6.17. The highest BCUT2D eigenvalue weighted by atomic mass is 16.5. The number of hydrogen-bond donors (Lipinski definition) is 1. The molecular formula is C14H19N3O2. The summed E-state index contributed by atoms with van der Waals surface area (Å²) in [5.74, 6) is -0.238. The number of H-pyrrole nitrogens is 1. The lowest BCUT2D eigenvalue weighted by atomic mass is 10.0. The minimum absolute atomic E-state index is 0.238.